The van der Waals surface area contributed by atoms with Crippen molar-refractivity contribution in [1.29, 1.82) is 0 Å². The molecule has 0 amide bonds. The molecule has 0 atom stereocenters. The second-order valence-electron chi connectivity index (χ2n) is 9.26. The number of sulfonamides is 1. The first kappa shape index (κ1) is 27.0. The van der Waals surface area contributed by atoms with Gasteiger partial charge in [0.1, 0.15) is 20.6 Å². The number of hydrogen-bond acceptors (Lipinski definition) is 8. The average Bonchev–Trinajstić information content (AvgIpc) is 3.57. The van der Waals surface area contributed by atoms with E-state index in [-0.39, 0.29) is 23.9 Å². The average molecular weight is 557 g/mol. The van der Waals surface area contributed by atoms with Gasteiger partial charge >= 0.3 is 5.97 Å². The van der Waals surface area contributed by atoms with Gasteiger partial charge in [-0.2, -0.15) is 4.31 Å². The lowest BCUT2D eigenvalue weighted by Gasteiger charge is -2.22. The van der Waals surface area contributed by atoms with Crippen LogP contribution in [0.15, 0.2) is 81.8 Å². The third kappa shape index (κ3) is 7.48. The molecule has 0 spiro atoms. The smallest absolute Gasteiger partial charge is 0.344 e. The largest absolute Gasteiger partial charge is 0.482 e. The van der Waals surface area contributed by atoms with Gasteiger partial charge in [-0.25, -0.2) is 18.2 Å². The summed E-state index contributed by atoms with van der Waals surface area (Å²) in [5.41, 5.74) is 1.98. The Labute approximate surface area is 225 Å². The first-order valence-corrected chi connectivity index (χ1v) is 14.8. The van der Waals surface area contributed by atoms with Crippen LogP contribution in [-0.2, 0) is 32.6 Å². The summed E-state index contributed by atoms with van der Waals surface area (Å²) in [5, 5.41) is 4.58. The number of carbonyl (C=O) groups excluding carboxylic acids is 1. The molecule has 0 radical (unpaired) electrons. The molecule has 2 heterocycles. The molecule has 0 aliphatic heterocycles. The van der Waals surface area contributed by atoms with Gasteiger partial charge in [-0.3, -0.25) is 0 Å². The lowest BCUT2D eigenvalue weighted by atomic mass is 10.1. The third-order valence-corrected chi connectivity index (χ3v) is 9.10. The van der Waals surface area contributed by atoms with E-state index in [9.17, 15) is 13.2 Å². The fourth-order valence-corrected chi connectivity index (χ4v) is 6.74. The molecule has 7 nitrogen and oxygen atoms in total. The van der Waals surface area contributed by atoms with Gasteiger partial charge in [-0.1, -0.05) is 42.5 Å². The summed E-state index contributed by atoms with van der Waals surface area (Å²) < 4.78 is 39.7. The van der Waals surface area contributed by atoms with E-state index in [0.717, 1.165) is 21.7 Å². The van der Waals surface area contributed by atoms with Crippen molar-refractivity contribution in [2.45, 2.75) is 43.7 Å². The van der Waals surface area contributed by atoms with Gasteiger partial charge in [0.05, 0.1) is 0 Å². The topological polar surface area (TPSA) is 85.8 Å². The van der Waals surface area contributed by atoms with Crippen LogP contribution in [0, 0.1) is 0 Å². The van der Waals surface area contributed by atoms with Gasteiger partial charge < -0.3 is 9.47 Å². The summed E-state index contributed by atoms with van der Waals surface area (Å²) in [4.78, 5) is 16.4. The number of nitrogens with zero attached hydrogens (tertiary/aromatic N) is 2. The Kier molecular flexibility index (Phi) is 8.43. The molecule has 37 heavy (non-hydrogen) atoms. The van der Waals surface area contributed by atoms with Gasteiger partial charge in [0.2, 0.25) is 0 Å². The van der Waals surface area contributed by atoms with E-state index in [1.54, 1.807) is 74.0 Å². The standard InChI is InChI=1S/C27H28N2O5S3/c1-27(2,3)34-24(30)19-33-23-7-4-6-21(16-23)18-29(37(31,32)25-8-5-14-35-25)17-20-9-11-22(12-10-20)26-28-13-15-36-26/h4-16H,17-19H2,1-3H3. The van der Waals surface area contributed by atoms with Crippen LogP contribution in [0.3, 0.4) is 0 Å². The first-order chi connectivity index (χ1) is 17.6. The van der Waals surface area contributed by atoms with E-state index in [1.807, 2.05) is 35.7 Å². The van der Waals surface area contributed by atoms with Gasteiger partial charge in [-0.15, -0.1) is 22.7 Å². The monoisotopic (exact) mass is 556 g/mol. The predicted octanol–water partition coefficient (Wildman–Crippen LogP) is 5.98. The number of ether oxygens (including phenoxy) is 2. The Morgan fingerprint density at radius 3 is 2.35 bits per heavy atom. The van der Waals surface area contributed by atoms with Crippen LogP contribution in [0.5, 0.6) is 5.75 Å². The van der Waals surface area contributed by atoms with Crippen LogP contribution in [0.25, 0.3) is 10.6 Å². The Bertz CT molecular complexity index is 1410. The molecule has 0 aliphatic rings. The quantitative estimate of drug-likeness (QED) is 0.223. The van der Waals surface area contributed by atoms with Crippen molar-refractivity contribution in [3.63, 3.8) is 0 Å². The molecule has 0 saturated heterocycles. The van der Waals surface area contributed by atoms with E-state index >= 15 is 0 Å². The molecule has 4 aromatic rings. The normalized spacial score (nSPS) is 12.0. The number of esters is 1. The zero-order chi connectivity index (χ0) is 26.5. The van der Waals surface area contributed by atoms with Crippen LogP contribution < -0.4 is 4.74 Å². The molecule has 0 unspecified atom stereocenters. The summed E-state index contributed by atoms with van der Waals surface area (Å²) in [7, 11) is -3.74. The minimum absolute atomic E-state index is 0.137. The number of aromatic nitrogens is 1. The highest BCUT2D eigenvalue weighted by Crippen LogP contribution is 2.27. The Morgan fingerprint density at radius 1 is 0.946 bits per heavy atom. The fourth-order valence-electron chi connectivity index (χ4n) is 3.54. The molecule has 2 aromatic carbocycles. The molecular formula is C27H28N2O5S3. The number of thiophene rings is 1. The second kappa shape index (κ2) is 11.6. The van der Waals surface area contributed by atoms with Crippen molar-refractivity contribution in [2.24, 2.45) is 0 Å². The van der Waals surface area contributed by atoms with Crippen molar-refractivity contribution in [2.75, 3.05) is 6.61 Å². The Balaban J connectivity index is 1.52. The highest BCUT2D eigenvalue weighted by atomic mass is 32.2. The van der Waals surface area contributed by atoms with Crippen molar-refractivity contribution in [3.8, 4) is 16.3 Å². The van der Waals surface area contributed by atoms with Crippen molar-refractivity contribution >= 4 is 38.7 Å². The van der Waals surface area contributed by atoms with E-state index in [0.29, 0.717) is 5.75 Å². The number of hydrogen-bond donors (Lipinski definition) is 0. The molecule has 194 valence electrons. The van der Waals surface area contributed by atoms with Crippen LogP contribution in [0.4, 0.5) is 0 Å². The van der Waals surface area contributed by atoms with Gasteiger partial charge in [0, 0.05) is 30.2 Å². The molecule has 0 aliphatic carbocycles. The number of thiazole rings is 1. The number of benzene rings is 2. The highest BCUT2D eigenvalue weighted by molar-refractivity contribution is 7.91. The summed E-state index contributed by atoms with van der Waals surface area (Å²) in [6.07, 6.45) is 1.76. The van der Waals surface area contributed by atoms with Gasteiger partial charge in [-0.05, 0) is 55.5 Å². The SMILES string of the molecule is CC(C)(C)OC(=O)COc1cccc(CN(Cc2ccc(-c3nccs3)cc2)S(=O)(=O)c2cccs2)c1. The maximum Gasteiger partial charge on any atom is 0.344 e. The Hall–Kier alpha value is -3.05. The van der Waals surface area contributed by atoms with E-state index in [1.165, 1.54) is 15.6 Å². The molecule has 0 bridgehead atoms. The fraction of sp³-hybridized carbons (Fsp3) is 0.259. The lowest BCUT2D eigenvalue weighted by Crippen LogP contribution is -2.30. The van der Waals surface area contributed by atoms with Crippen molar-refractivity contribution in [3.05, 3.63) is 88.7 Å². The summed E-state index contributed by atoms with van der Waals surface area (Å²) in [5.74, 6) is -0.00868. The first-order valence-electron chi connectivity index (χ1n) is 11.6. The minimum Gasteiger partial charge on any atom is -0.482 e. The summed E-state index contributed by atoms with van der Waals surface area (Å²) >= 11 is 2.74. The molecular weight excluding hydrogens is 529 g/mol. The highest BCUT2D eigenvalue weighted by Gasteiger charge is 2.26. The van der Waals surface area contributed by atoms with Crippen molar-refractivity contribution in [1.82, 2.24) is 9.29 Å². The zero-order valence-corrected chi connectivity index (χ0v) is 23.2. The molecule has 0 fully saturated rings. The predicted molar refractivity (Wildman–Crippen MR) is 146 cm³/mol. The molecule has 10 heteroatoms. The molecule has 0 N–H and O–H groups in total. The van der Waals surface area contributed by atoms with Crippen molar-refractivity contribution < 1.29 is 22.7 Å². The van der Waals surface area contributed by atoms with Crippen LogP contribution in [0.1, 0.15) is 31.9 Å². The minimum atomic E-state index is -3.74. The van der Waals surface area contributed by atoms with Crippen LogP contribution in [0.2, 0.25) is 0 Å². The Morgan fingerprint density at radius 2 is 1.70 bits per heavy atom. The molecule has 0 saturated carbocycles. The zero-order valence-electron chi connectivity index (χ0n) is 20.8. The molecule has 4 rings (SSSR count). The summed E-state index contributed by atoms with van der Waals surface area (Å²) in [6.45, 7) is 5.48. The summed E-state index contributed by atoms with van der Waals surface area (Å²) in [6, 6.07) is 18.2. The third-order valence-electron chi connectivity index (χ3n) is 5.12. The van der Waals surface area contributed by atoms with Gasteiger partial charge in [0.25, 0.3) is 10.0 Å². The van der Waals surface area contributed by atoms with E-state index in [4.69, 9.17) is 9.47 Å². The maximum atomic E-state index is 13.5. The maximum absolute atomic E-state index is 13.5. The lowest BCUT2D eigenvalue weighted by molar-refractivity contribution is -0.157. The van der Waals surface area contributed by atoms with E-state index < -0.39 is 21.6 Å². The second-order valence-corrected chi connectivity index (χ2v) is 13.3. The van der Waals surface area contributed by atoms with E-state index in [2.05, 4.69) is 4.98 Å². The molecule has 2 aromatic heterocycles. The van der Waals surface area contributed by atoms with Crippen LogP contribution in [-0.4, -0.2) is 35.9 Å². The van der Waals surface area contributed by atoms with Crippen LogP contribution >= 0.6 is 22.7 Å². The number of rotatable bonds is 10. The van der Waals surface area contributed by atoms with Gasteiger partial charge in [0.15, 0.2) is 6.61 Å². The number of carbonyl (C=O) groups is 1.